The second kappa shape index (κ2) is 10.7. The normalized spacial score (nSPS) is 18.1. The first kappa shape index (κ1) is 17.0. The predicted molar refractivity (Wildman–Crippen MR) is 79.4 cm³/mol. The number of cyclic esters (lactones) is 1. The van der Waals surface area contributed by atoms with Crippen LogP contribution in [0.1, 0.15) is 77.6 Å². The third-order valence-corrected chi connectivity index (χ3v) is 3.78. The third kappa shape index (κ3) is 7.51. The van der Waals surface area contributed by atoms with E-state index in [-0.39, 0.29) is 11.9 Å². The molecule has 4 heteroatoms. The molecule has 4 nitrogen and oxygen atoms in total. The highest BCUT2D eigenvalue weighted by atomic mass is 16.5. The van der Waals surface area contributed by atoms with Crippen molar-refractivity contribution in [2.45, 2.75) is 83.6 Å². The van der Waals surface area contributed by atoms with Gasteiger partial charge in [-0.05, 0) is 6.42 Å². The maximum Gasteiger partial charge on any atom is 0.328 e. The Labute approximate surface area is 122 Å². The van der Waals surface area contributed by atoms with E-state index in [9.17, 15) is 9.59 Å². The van der Waals surface area contributed by atoms with Crippen LogP contribution in [0.15, 0.2) is 0 Å². The molecule has 0 aromatic heterocycles. The van der Waals surface area contributed by atoms with Gasteiger partial charge < -0.3 is 10.1 Å². The summed E-state index contributed by atoms with van der Waals surface area (Å²) in [5.41, 5.74) is 0. The standard InChI is InChI=1S/C16H29NO3/c1-2-3-4-5-6-7-8-9-10-11-15(18)17-14-12-13-20-16(14)19/h14H,2-13H2,1H3,(H,17,18)/t14-/m0/s1. The number of hydrogen-bond acceptors (Lipinski definition) is 3. The number of hydrogen-bond donors (Lipinski definition) is 1. The fourth-order valence-corrected chi connectivity index (χ4v) is 2.49. The van der Waals surface area contributed by atoms with E-state index in [4.69, 9.17) is 4.74 Å². The maximum absolute atomic E-state index is 11.6. The molecule has 1 saturated heterocycles. The van der Waals surface area contributed by atoms with Crippen molar-refractivity contribution in [2.24, 2.45) is 0 Å². The highest BCUT2D eigenvalue weighted by molar-refractivity contribution is 5.85. The lowest BCUT2D eigenvalue weighted by molar-refractivity contribution is -0.141. The highest BCUT2D eigenvalue weighted by Crippen LogP contribution is 2.11. The Morgan fingerprint density at radius 1 is 1.10 bits per heavy atom. The fraction of sp³-hybridized carbons (Fsp3) is 0.875. The van der Waals surface area contributed by atoms with E-state index in [1.807, 2.05) is 0 Å². The van der Waals surface area contributed by atoms with Crippen LogP contribution in [0.4, 0.5) is 0 Å². The van der Waals surface area contributed by atoms with Crippen LogP contribution in [0, 0.1) is 0 Å². The molecule has 1 fully saturated rings. The molecule has 0 unspecified atom stereocenters. The van der Waals surface area contributed by atoms with Crippen molar-refractivity contribution in [2.75, 3.05) is 6.61 Å². The number of unbranched alkanes of at least 4 members (excludes halogenated alkanes) is 8. The Bertz CT molecular complexity index is 291. The predicted octanol–water partition coefficient (Wildman–Crippen LogP) is 3.34. The van der Waals surface area contributed by atoms with Gasteiger partial charge in [-0.25, -0.2) is 4.79 Å². The molecule has 0 spiro atoms. The van der Waals surface area contributed by atoms with E-state index >= 15 is 0 Å². The van der Waals surface area contributed by atoms with Gasteiger partial charge >= 0.3 is 5.97 Å². The van der Waals surface area contributed by atoms with Crippen molar-refractivity contribution in [1.29, 1.82) is 0 Å². The van der Waals surface area contributed by atoms with Gasteiger partial charge in [0.05, 0.1) is 6.61 Å². The number of carbonyl (C=O) groups excluding carboxylic acids is 2. The van der Waals surface area contributed by atoms with Crippen LogP contribution in [-0.2, 0) is 14.3 Å². The summed E-state index contributed by atoms with van der Waals surface area (Å²) < 4.78 is 4.81. The molecule has 1 amide bonds. The minimum Gasteiger partial charge on any atom is -0.464 e. The lowest BCUT2D eigenvalue weighted by atomic mass is 10.1. The number of rotatable bonds is 11. The van der Waals surface area contributed by atoms with Crippen molar-refractivity contribution in [3.63, 3.8) is 0 Å². The Balaban J connectivity index is 1.88. The zero-order chi connectivity index (χ0) is 14.6. The molecule has 0 saturated carbocycles. The molecule has 20 heavy (non-hydrogen) atoms. The minimum absolute atomic E-state index is 0.0169. The van der Waals surface area contributed by atoms with E-state index in [1.54, 1.807) is 0 Å². The highest BCUT2D eigenvalue weighted by Gasteiger charge is 2.27. The molecular formula is C16H29NO3. The quantitative estimate of drug-likeness (QED) is 0.467. The fourth-order valence-electron chi connectivity index (χ4n) is 2.49. The van der Waals surface area contributed by atoms with Gasteiger partial charge in [0.25, 0.3) is 0 Å². The molecule has 0 aliphatic carbocycles. The van der Waals surface area contributed by atoms with Gasteiger partial charge in [-0.15, -0.1) is 0 Å². The topological polar surface area (TPSA) is 55.4 Å². The van der Waals surface area contributed by atoms with Gasteiger partial charge in [-0.1, -0.05) is 58.3 Å². The molecule has 1 N–H and O–H groups in total. The maximum atomic E-state index is 11.6. The third-order valence-electron chi connectivity index (χ3n) is 3.78. The number of nitrogens with one attached hydrogen (secondary N) is 1. The van der Waals surface area contributed by atoms with Crippen LogP contribution < -0.4 is 5.32 Å². The molecule has 116 valence electrons. The summed E-state index contributed by atoms with van der Waals surface area (Å²) in [4.78, 5) is 22.8. The van der Waals surface area contributed by atoms with Gasteiger partial charge in [0.15, 0.2) is 0 Å². The average molecular weight is 283 g/mol. The lowest BCUT2D eigenvalue weighted by Crippen LogP contribution is -2.37. The molecule has 0 aromatic carbocycles. The summed E-state index contributed by atoms with van der Waals surface area (Å²) in [7, 11) is 0. The zero-order valence-electron chi connectivity index (χ0n) is 12.8. The van der Waals surface area contributed by atoms with Gasteiger partial charge in [0, 0.05) is 12.8 Å². The van der Waals surface area contributed by atoms with Gasteiger partial charge in [0.1, 0.15) is 6.04 Å². The summed E-state index contributed by atoms with van der Waals surface area (Å²) in [5.74, 6) is -0.303. The van der Waals surface area contributed by atoms with E-state index in [0.29, 0.717) is 19.4 Å². The average Bonchev–Trinajstić information content (AvgIpc) is 2.82. The van der Waals surface area contributed by atoms with E-state index in [0.717, 1.165) is 12.8 Å². The van der Waals surface area contributed by atoms with Crippen LogP contribution in [0.25, 0.3) is 0 Å². The molecular weight excluding hydrogens is 254 g/mol. The van der Waals surface area contributed by atoms with Crippen LogP contribution in [-0.4, -0.2) is 24.5 Å². The van der Waals surface area contributed by atoms with Crippen LogP contribution in [0.5, 0.6) is 0 Å². The van der Waals surface area contributed by atoms with E-state index in [2.05, 4.69) is 12.2 Å². The van der Waals surface area contributed by atoms with Crippen LogP contribution >= 0.6 is 0 Å². The largest absolute Gasteiger partial charge is 0.464 e. The minimum atomic E-state index is -0.402. The van der Waals surface area contributed by atoms with E-state index in [1.165, 1.54) is 44.9 Å². The van der Waals surface area contributed by atoms with Gasteiger partial charge in [0.2, 0.25) is 5.91 Å². The molecule has 1 aliphatic heterocycles. The second-order valence-corrected chi connectivity index (χ2v) is 5.65. The summed E-state index contributed by atoms with van der Waals surface area (Å²) in [6, 6.07) is -0.402. The Morgan fingerprint density at radius 3 is 2.25 bits per heavy atom. The first-order chi connectivity index (χ1) is 9.74. The SMILES string of the molecule is CCCCCCCCCCCC(=O)N[C@H]1CCOC1=O. The number of ether oxygens (including phenoxy) is 1. The van der Waals surface area contributed by atoms with Crippen LogP contribution in [0.3, 0.4) is 0 Å². The van der Waals surface area contributed by atoms with E-state index < -0.39 is 6.04 Å². The first-order valence-electron chi connectivity index (χ1n) is 8.20. The summed E-state index contributed by atoms with van der Waals surface area (Å²) in [6.07, 6.45) is 12.3. The Kier molecular flexibility index (Phi) is 9.09. The smallest absolute Gasteiger partial charge is 0.328 e. The van der Waals surface area contributed by atoms with Crippen molar-refractivity contribution < 1.29 is 14.3 Å². The molecule has 1 aliphatic rings. The molecule has 0 bridgehead atoms. The Morgan fingerprint density at radius 2 is 1.70 bits per heavy atom. The molecule has 1 atom stereocenters. The Hall–Kier alpha value is -1.06. The number of carbonyl (C=O) groups is 2. The summed E-state index contributed by atoms with van der Waals surface area (Å²) in [6.45, 7) is 2.66. The molecule has 0 aromatic rings. The van der Waals surface area contributed by atoms with Crippen molar-refractivity contribution in [1.82, 2.24) is 5.32 Å². The monoisotopic (exact) mass is 283 g/mol. The lowest BCUT2D eigenvalue weighted by Gasteiger charge is -2.08. The molecule has 1 heterocycles. The van der Waals surface area contributed by atoms with Gasteiger partial charge in [-0.3, -0.25) is 4.79 Å². The number of esters is 1. The van der Waals surface area contributed by atoms with Gasteiger partial charge in [-0.2, -0.15) is 0 Å². The summed E-state index contributed by atoms with van der Waals surface area (Å²) >= 11 is 0. The van der Waals surface area contributed by atoms with Crippen molar-refractivity contribution >= 4 is 11.9 Å². The second-order valence-electron chi connectivity index (χ2n) is 5.65. The molecule has 0 radical (unpaired) electrons. The zero-order valence-corrected chi connectivity index (χ0v) is 12.8. The molecule has 1 rings (SSSR count). The first-order valence-corrected chi connectivity index (χ1v) is 8.20. The summed E-state index contributed by atoms with van der Waals surface area (Å²) in [5, 5.41) is 2.74. The number of amides is 1. The van der Waals surface area contributed by atoms with Crippen LogP contribution in [0.2, 0.25) is 0 Å². The van der Waals surface area contributed by atoms with Crippen molar-refractivity contribution in [3.8, 4) is 0 Å². The van der Waals surface area contributed by atoms with Crippen molar-refractivity contribution in [3.05, 3.63) is 0 Å².